The van der Waals surface area contributed by atoms with Gasteiger partial charge in [0.2, 0.25) is 0 Å². The number of halogens is 3. The van der Waals surface area contributed by atoms with Crippen molar-refractivity contribution in [2.75, 3.05) is 20.1 Å². The normalized spacial score (nSPS) is 14.8. The van der Waals surface area contributed by atoms with Gasteiger partial charge >= 0.3 is 0 Å². The molecule has 1 fully saturated rings. The molecule has 0 heterocycles. The van der Waals surface area contributed by atoms with E-state index in [1.165, 1.54) is 12.8 Å². The SMILES string of the molecule is CN(CCNC(=O)c1cc(F)c(F)c(F)c1)C1CC1. The summed E-state index contributed by atoms with van der Waals surface area (Å²) in [5.41, 5.74) is -0.217. The molecule has 0 aromatic heterocycles. The summed E-state index contributed by atoms with van der Waals surface area (Å²) in [6.45, 7) is 1.05. The van der Waals surface area contributed by atoms with E-state index in [0.717, 1.165) is 0 Å². The Morgan fingerprint density at radius 2 is 1.89 bits per heavy atom. The summed E-state index contributed by atoms with van der Waals surface area (Å²) in [6.07, 6.45) is 2.33. The number of likely N-dealkylation sites (N-methyl/N-ethyl adjacent to an activating group) is 1. The lowest BCUT2D eigenvalue weighted by Gasteiger charge is -2.15. The fourth-order valence-electron chi connectivity index (χ4n) is 1.83. The third kappa shape index (κ3) is 3.47. The summed E-state index contributed by atoms with van der Waals surface area (Å²) in [5.74, 6) is -4.90. The topological polar surface area (TPSA) is 32.3 Å². The first-order valence-electron chi connectivity index (χ1n) is 6.12. The maximum atomic E-state index is 13.0. The first kappa shape index (κ1) is 13.9. The van der Waals surface area contributed by atoms with Crippen LogP contribution in [-0.2, 0) is 0 Å². The minimum absolute atomic E-state index is 0.217. The molecule has 0 spiro atoms. The number of hydrogen-bond donors (Lipinski definition) is 1. The van der Waals surface area contributed by atoms with Gasteiger partial charge in [-0.15, -0.1) is 0 Å². The second-order valence-corrected chi connectivity index (χ2v) is 4.72. The Labute approximate surface area is 109 Å². The van der Waals surface area contributed by atoms with Gasteiger partial charge in [-0.3, -0.25) is 4.79 Å². The summed E-state index contributed by atoms with van der Waals surface area (Å²) in [5, 5.41) is 2.55. The highest BCUT2D eigenvalue weighted by Gasteiger charge is 2.25. The number of amides is 1. The lowest BCUT2D eigenvalue weighted by atomic mass is 10.2. The third-order valence-corrected chi connectivity index (χ3v) is 3.17. The minimum atomic E-state index is -1.56. The molecule has 1 aromatic carbocycles. The lowest BCUT2D eigenvalue weighted by Crippen LogP contribution is -2.34. The van der Waals surface area contributed by atoms with Crippen LogP contribution in [0.2, 0.25) is 0 Å². The van der Waals surface area contributed by atoms with Crippen molar-refractivity contribution in [1.29, 1.82) is 0 Å². The number of rotatable bonds is 5. The second-order valence-electron chi connectivity index (χ2n) is 4.72. The average molecular weight is 272 g/mol. The van der Waals surface area contributed by atoms with Gasteiger partial charge in [0.25, 0.3) is 5.91 Å². The quantitative estimate of drug-likeness (QED) is 0.831. The van der Waals surface area contributed by atoms with Crippen molar-refractivity contribution in [1.82, 2.24) is 10.2 Å². The van der Waals surface area contributed by atoms with E-state index in [0.29, 0.717) is 31.3 Å². The Hall–Kier alpha value is -1.56. The Morgan fingerprint density at radius 1 is 1.32 bits per heavy atom. The van der Waals surface area contributed by atoms with Gasteiger partial charge in [0.15, 0.2) is 17.5 Å². The van der Waals surface area contributed by atoms with Crippen LogP contribution in [0.1, 0.15) is 23.2 Å². The molecule has 1 aliphatic rings. The first-order valence-corrected chi connectivity index (χ1v) is 6.12. The van der Waals surface area contributed by atoms with E-state index in [9.17, 15) is 18.0 Å². The Balaban J connectivity index is 1.88. The van der Waals surface area contributed by atoms with Crippen molar-refractivity contribution in [3.05, 3.63) is 35.1 Å². The van der Waals surface area contributed by atoms with Crippen molar-refractivity contribution >= 4 is 5.91 Å². The first-order chi connectivity index (χ1) is 8.99. The standard InChI is InChI=1S/C13H15F3N2O/c1-18(9-2-3-9)5-4-17-13(19)8-6-10(14)12(16)11(15)7-8/h6-7,9H,2-5H2,1H3,(H,17,19). The molecule has 19 heavy (non-hydrogen) atoms. The summed E-state index contributed by atoms with van der Waals surface area (Å²) >= 11 is 0. The number of nitrogens with one attached hydrogen (secondary N) is 1. The maximum absolute atomic E-state index is 13.0. The fourth-order valence-corrected chi connectivity index (χ4v) is 1.83. The average Bonchev–Trinajstić information content (AvgIpc) is 3.19. The van der Waals surface area contributed by atoms with Gasteiger partial charge < -0.3 is 10.2 Å². The molecule has 6 heteroatoms. The molecular weight excluding hydrogens is 257 g/mol. The molecule has 0 aliphatic heterocycles. The van der Waals surface area contributed by atoms with E-state index in [4.69, 9.17) is 0 Å². The Morgan fingerprint density at radius 3 is 2.42 bits per heavy atom. The van der Waals surface area contributed by atoms with Crippen molar-refractivity contribution < 1.29 is 18.0 Å². The molecule has 0 unspecified atom stereocenters. The predicted molar refractivity (Wildman–Crippen MR) is 64.3 cm³/mol. The Bertz CT molecular complexity index is 466. The fraction of sp³-hybridized carbons (Fsp3) is 0.462. The molecule has 2 rings (SSSR count). The summed E-state index contributed by atoms with van der Waals surface area (Å²) < 4.78 is 38.7. The van der Waals surface area contributed by atoms with Crippen LogP contribution >= 0.6 is 0 Å². The molecule has 1 saturated carbocycles. The van der Waals surface area contributed by atoms with Gasteiger partial charge in [-0.25, -0.2) is 13.2 Å². The van der Waals surface area contributed by atoms with Crippen molar-refractivity contribution in [3.8, 4) is 0 Å². The zero-order valence-corrected chi connectivity index (χ0v) is 10.5. The third-order valence-electron chi connectivity index (χ3n) is 3.17. The number of benzene rings is 1. The van der Waals surface area contributed by atoms with Crippen LogP contribution in [0.15, 0.2) is 12.1 Å². The molecule has 0 saturated heterocycles. The summed E-state index contributed by atoms with van der Waals surface area (Å²) in [4.78, 5) is 13.8. The van der Waals surface area contributed by atoms with Gasteiger partial charge in [-0.2, -0.15) is 0 Å². The zero-order chi connectivity index (χ0) is 14.0. The van der Waals surface area contributed by atoms with Crippen molar-refractivity contribution in [2.45, 2.75) is 18.9 Å². The summed E-state index contributed by atoms with van der Waals surface area (Å²) in [7, 11) is 1.96. The van der Waals surface area contributed by atoms with Crippen LogP contribution in [0.5, 0.6) is 0 Å². The van der Waals surface area contributed by atoms with Gasteiger partial charge in [-0.1, -0.05) is 0 Å². The highest BCUT2D eigenvalue weighted by Crippen LogP contribution is 2.24. The molecule has 0 radical (unpaired) electrons. The molecule has 104 valence electrons. The van der Waals surface area contributed by atoms with E-state index >= 15 is 0 Å². The molecule has 1 aromatic rings. The van der Waals surface area contributed by atoms with Gasteiger partial charge in [0.1, 0.15) is 0 Å². The minimum Gasteiger partial charge on any atom is -0.351 e. The molecule has 1 N–H and O–H groups in total. The number of hydrogen-bond acceptors (Lipinski definition) is 2. The van der Waals surface area contributed by atoms with Crippen LogP contribution in [0.4, 0.5) is 13.2 Å². The van der Waals surface area contributed by atoms with E-state index in [1.807, 2.05) is 7.05 Å². The van der Waals surface area contributed by atoms with Gasteiger partial charge in [0.05, 0.1) is 0 Å². The maximum Gasteiger partial charge on any atom is 0.251 e. The van der Waals surface area contributed by atoms with Crippen LogP contribution in [0.25, 0.3) is 0 Å². The van der Waals surface area contributed by atoms with E-state index in [2.05, 4.69) is 10.2 Å². The van der Waals surface area contributed by atoms with E-state index in [1.54, 1.807) is 0 Å². The lowest BCUT2D eigenvalue weighted by molar-refractivity contribution is 0.0948. The van der Waals surface area contributed by atoms with Crippen LogP contribution in [0.3, 0.4) is 0 Å². The predicted octanol–water partition coefficient (Wildman–Crippen LogP) is 1.93. The monoisotopic (exact) mass is 272 g/mol. The molecular formula is C13H15F3N2O. The van der Waals surface area contributed by atoms with Crippen LogP contribution in [-0.4, -0.2) is 37.0 Å². The molecule has 3 nitrogen and oxygen atoms in total. The van der Waals surface area contributed by atoms with Crippen LogP contribution < -0.4 is 5.32 Å². The highest BCUT2D eigenvalue weighted by atomic mass is 19.2. The van der Waals surface area contributed by atoms with E-state index < -0.39 is 23.4 Å². The van der Waals surface area contributed by atoms with Crippen molar-refractivity contribution in [2.24, 2.45) is 0 Å². The van der Waals surface area contributed by atoms with Crippen molar-refractivity contribution in [3.63, 3.8) is 0 Å². The molecule has 1 aliphatic carbocycles. The smallest absolute Gasteiger partial charge is 0.251 e. The van der Waals surface area contributed by atoms with Crippen LogP contribution in [0, 0.1) is 17.5 Å². The number of nitrogens with zero attached hydrogens (tertiary/aromatic N) is 1. The largest absolute Gasteiger partial charge is 0.351 e. The Kier molecular flexibility index (Phi) is 4.09. The number of carbonyl (C=O) groups is 1. The second kappa shape index (κ2) is 5.61. The van der Waals surface area contributed by atoms with Gasteiger partial charge in [-0.05, 0) is 32.0 Å². The highest BCUT2D eigenvalue weighted by molar-refractivity contribution is 5.94. The molecule has 1 amide bonds. The number of carbonyl (C=O) groups excluding carboxylic acids is 1. The molecule has 0 bridgehead atoms. The zero-order valence-electron chi connectivity index (χ0n) is 10.5. The molecule has 0 atom stereocenters. The van der Waals surface area contributed by atoms with Gasteiger partial charge in [0, 0.05) is 24.7 Å². The van der Waals surface area contributed by atoms with E-state index in [-0.39, 0.29) is 5.56 Å². The summed E-state index contributed by atoms with van der Waals surface area (Å²) in [6, 6.07) is 1.97.